The fourth-order valence-electron chi connectivity index (χ4n) is 3.91. The minimum absolute atomic E-state index is 0.0969. The first-order valence-corrected chi connectivity index (χ1v) is 9.31. The zero-order chi connectivity index (χ0) is 16.7. The van der Waals surface area contributed by atoms with Crippen molar-refractivity contribution in [3.05, 3.63) is 47.1 Å². The van der Waals surface area contributed by atoms with Crippen molar-refractivity contribution in [2.75, 3.05) is 7.05 Å². The maximum Gasteiger partial charge on any atom is 0.263 e. The number of nitrogens with zero attached hydrogens (tertiary/aromatic N) is 1. The molecule has 0 saturated carbocycles. The molecule has 2 aliphatic rings. The Bertz CT molecular complexity index is 730. The van der Waals surface area contributed by atoms with E-state index in [9.17, 15) is 9.18 Å². The highest BCUT2D eigenvalue weighted by Crippen LogP contribution is 2.32. The van der Waals surface area contributed by atoms with E-state index < -0.39 is 0 Å². The molecule has 2 fully saturated rings. The number of carbonyl (C=O) groups is 1. The second kappa shape index (κ2) is 6.30. The Morgan fingerprint density at radius 1 is 1.12 bits per heavy atom. The van der Waals surface area contributed by atoms with E-state index in [1.54, 1.807) is 12.1 Å². The number of thiophene rings is 1. The van der Waals surface area contributed by atoms with Gasteiger partial charge in [-0.2, -0.15) is 0 Å². The summed E-state index contributed by atoms with van der Waals surface area (Å²) in [5.41, 5.74) is 0.947. The van der Waals surface area contributed by atoms with Crippen molar-refractivity contribution < 1.29 is 9.18 Å². The Morgan fingerprint density at radius 3 is 2.46 bits per heavy atom. The van der Waals surface area contributed by atoms with E-state index in [0.717, 1.165) is 28.2 Å². The largest absolute Gasteiger partial charge is 0.338 e. The Morgan fingerprint density at radius 2 is 1.79 bits per heavy atom. The monoisotopic (exact) mass is 344 g/mol. The highest BCUT2D eigenvalue weighted by atomic mass is 32.1. The van der Waals surface area contributed by atoms with Crippen LogP contribution in [-0.2, 0) is 0 Å². The first kappa shape index (κ1) is 15.8. The molecular weight excluding hydrogens is 323 g/mol. The van der Waals surface area contributed by atoms with Crippen LogP contribution in [-0.4, -0.2) is 36.0 Å². The summed E-state index contributed by atoms with van der Waals surface area (Å²) in [7, 11) is 1.93. The first-order chi connectivity index (χ1) is 11.6. The number of piperidine rings is 1. The van der Waals surface area contributed by atoms with Crippen LogP contribution in [0, 0.1) is 5.82 Å². The molecule has 2 unspecified atom stereocenters. The SMILES string of the molecule is CN(C(=O)c1ccc(-c2ccc(F)cc2)s1)C1CC2CCC(C1)N2. The smallest absolute Gasteiger partial charge is 0.263 e. The molecule has 1 aromatic heterocycles. The van der Waals surface area contributed by atoms with Crippen molar-refractivity contribution in [2.24, 2.45) is 0 Å². The van der Waals surface area contributed by atoms with Crippen LogP contribution in [0.25, 0.3) is 10.4 Å². The molecule has 2 saturated heterocycles. The maximum atomic E-state index is 13.1. The van der Waals surface area contributed by atoms with Gasteiger partial charge in [0.05, 0.1) is 4.88 Å². The van der Waals surface area contributed by atoms with Crippen molar-refractivity contribution in [3.63, 3.8) is 0 Å². The Labute approximate surface area is 145 Å². The molecule has 0 spiro atoms. The molecule has 2 aromatic rings. The number of rotatable bonds is 3. The van der Waals surface area contributed by atoms with Crippen LogP contribution in [0.3, 0.4) is 0 Å². The summed E-state index contributed by atoms with van der Waals surface area (Å²) in [4.78, 5) is 16.5. The highest BCUT2D eigenvalue weighted by Gasteiger charge is 2.36. The summed E-state index contributed by atoms with van der Waals surface area (Å²) in [6.07, 6.45) is 4.57. The molecule has 1 amide bonds. The summed E-state index contributed by atoms with van der Waals surface area (Å²) in [5, 5.41) is 3.62. The highest BCUT2D eigenvalue weighted by molar-refractivity contribution is 7.17. The predicted molar refractivity (Wildman–Crippen MR) is 94.8 cm³/mol. The van der Waals surface area contributed by atoms with E-state index in [2.05, 4.69) is 5.32 Å². The molecule has 2 bridgehead atoms. The number of carbonyl (C=O) groups excluding carboxylic acids is 1. The van der Waals surface area contributed by atoms with E-state index in [1.807, 2.05) is 24.1 Å². The molecule has 0 radical (unpaired) electrons. The molecule has 2 atom stereocenters. The van der Waals surface area contributed by atoms with Gasteiger partial charge < -0.3 is 10.2 Å². The number of halogens is 1. The van der Waals surface area contributed by atoms with Crippen molar-refractivity contribution in [3.8, 4) is 10.4 Å². The van der Waals surface area contributed by atoms with Gasteiger partial charge in [0.1, 0.15) is 5.82 Å². The van der Waals surface area contributed by atoms with Gasteiger partial charge in [0.25, 0.3) is 5.91 Å². The number of fused-ring (bicyclic) bond motifs is 2. The zero-order valence-electron chi connectivity index (χ0n) is 13.7. The molecule has 3 nitrogen and oxygen atoms in total. The first-order valence-electron chi connectivity index (χ1n) is 8.49. The van der Waals surface area contributed by atoms with Gasteiger partial charge in [0.2, 0.25) is 0 Å². The van der Waals surface area contributed by atoms with E-state index in [4.69, 9.17) is 0 Å². The average molecular weight is 344 g/mol. The normalized spacial score (nSPS) is 25.7. The van der Waals surface area contributed by atoms with Gasteiger partial charge in [-0.3, -0.25) is 4.79 Å². The Balaban J connectivity index is 1.49. The predicted octanol–water partition coefficient (Wildman–Crippen LogP) is 3.91. The van der Waals surface area contributed by atoms with Crippen molar-refractivity contribution in [1.82, 2.24) is 10.2 Å². The molecule has 1 N–H and O–H groups in total. The molecule has 2 aliphatic heterocycles. The van der Waals surface area contributed by atoms with E-state index in [1.165, 1.54) is 36.3 Å². The van der Waals surface area contributed by atoms with Crippen LogP contribution in [0.2, 0.25) is 0 Å². The zero-order valence-corrected chi connectivity index (χ0v) is 14.5. The van der Waals surface area contributed by atoms with Gasteiger partial charge in [-0.05, 0) is 55.5 Å². The quantitative estimate of drug-likeness (QED) is 0.916. The summed E-state index contributed by atoms with van der Waals surface area (Å²) in [5.74, 6) is -0.147. The lowest BCUT2D eigenvalue weighted by atomic mass is 9.98. The van der Waals surface area contributed by atoms with E-state index in [-0.39, 0.29) is 11.7 Å². The lowest BCUT2D eigenvalue weighted by molar-refractivity contribution is 0.0686. The van der Waals surface area contributed by atoms with E-state index in [0.29, 0.717) is 18.1 Å². The summed E-state index contributed by atoms with van der Waals surface area (Å²) in [6.45, 7) is 0. The van der Waals surface area contributed by atoms with Crippen LogP contribution in [0.4, 0.5) is 4.39 Å². The molecule has 0 aliphatic carbocycles. The van der Waals surface area contributed by atoms with E-state index >= 15 is 0 Å². The van der Waals surface area contributed by atoms with Crippen LogP contribution >= 0.6 is 11.3 Å². The molecule has 4 rings (SSSR count). The number of hydrogen-bond donors (Lipinski definition) is 1. The second-order valence-electron chi connectivity index (χ2n) is 6.85. The van der Waals surface area contributed by atoms with Gasteiger partial charge in [-0.25, -0.2) is 4.39 Å². The van der Waals surface area contributed by atoms with Gasteiger partial charge in [-0.15, -0.1) is 11.3 Å². The van der Waals surface area contributed by atoms with Gasteiger partial charge in [0, 0.05) is 30.1 Å². The van der Waals surface area contributed by atoms with Crippen LogP contribution in [0.1, 0.15) is 35.4 Å². The van der Waals surface area contributed by atoms with Crippen LogP contribution < -0.4 is 5.32 Å². The summed E-state index contributed by atoms with van der Waals surface area (Å²) in [6, 6.07) is 11.7. The van der Waals surface area contributed by atoms with Crippen molar-refractivity contribution in [1.29, 1.82) is 0 Å². The lowest BCUT2D eigenvalue weighted by Crippen LogP contribution is -2.48. The average Bonchev–Trinajstić information content (AvgIpc) is 3.21. The lowest BCUT2D eigenvalue weighted by Gasteiger charge is -2.35. The summed E-state index contributed by atoms with van der Waals surface area (Å²) >= 11 is 1.48. The molecule has 5 heteroatoms. The van der Waals surface area contributed by atoms with Crippen molar-refractivity contribution >= 4 is 17.2 Å². The third-order valence-corrected chi connectivity index (χ3v) is 6.38. The number of hydrogen-bond acceptors (Lipinski definition) is 3. The molecule has 24 heavy (non-hydrogen) atoms. The second-order valence-corrected chi connectivity index (χ2v) is 7.93. The van der Waals surface area contributed by atoms with Crippen LogP contribution in [0.15, 0.2) is 36.4 Å². The number of benzene rings is 1. The van der Waals surface area contributed by atoms with Crippen LogP contribution in [0.5, 0.6) is 0 Å². The Hall–Kier alpha value is -1.72. The molecule has 126 valence electrons. The fourth-order valence-corrected chi connectivity index (χ4v) is 4.90. The number of nitrogens with one attached hydrogen (secondary N) is 1. The maximum absolute atomic E-state index is 13.1. The minimum Gasteiger partial charge on any atom is -0.338 e. The topological polar surface area (TPSA) is 32.3 Å². The van der Waals surface area contributed by atoms with Gasteiger partial charge in [0.15, 0.2) is 0 Å². The molecule has 1 aromatic carbocycles. The fraction of sp³-hybridized carbons (Fsp3) is 0.421. The minimum atomic E-state index is -0.244. The third-order valence-electron chi connectivity index (χ3n) is 5.26. The number of amides is 1. The Kier molecular flexibility index (Phi) is 4.14. The third kappa shape index (κ3) is 2.98. The standard InChI is InChI=1S/C19H21FN2OS/c1-22(16-10-14-6-7-15(11-16)21-14)19(23)18-9-8-17(24-18)12-2-4-13(20)5-3-12/h2-5,8-9,14-16,21H,6-7,10-11H2,1H3. The molecule has 3 heterocycles. The summed E-state index contributed by atoms with van der Waals surface area (Å²) < 4.78 is 13.1. The van der Waals surface area contributed by atoms with Crippen molar-refractivity contribution in [2.45, 2.75) is 43.8 Å². The molecular formula is C19H21FN2OS. The van der Waals surface area contributed by atoms with Gasteiger partial charge in [-0.1, -0.05) is 12.1 Å². The van der Waals surface area contributed by atoms with Gasteiger partial charge >= 0.3 is 0 Å².